The number of hydrogen-bond acceptors (Lipinski definition) is 3. The van der Waals surface area contributed by atoms with Gasteiger partial charge in [-0.2, -0.15) is 0 Å². The van der Waals surface area contributed by atoms with Gasteiger partial charge >= 0.3 is 0 Å². The Morgan fingerprint density at radius 2 is 2.05 bits per heavy atom. The molecule has 1 heterocycles. The third kappa shape index (κ3) is 4.19. The van der Waals surface area contributed by atoms with E-state index in [4.69, 9.17) is 4.74 Å². The van der Waals surface area contributed by atoms with Gasteiger partial charge < -0.3 is 15.4 Å². The Morgan fingerprint density at radius 3 is 2.86 bits per heavy atom. The molecule has 5 heteroatoms. The van der Waals surface area contributed by atoms with Gasteiger partial charge in [0, 0.05) is 25.6 Å². The van der Waals surface area contributed by atoms with Gasteiger partial charge in [-0.05, 0) is 16.3 Å². The summed E-state index contributed by atoms with van der Waals surface area (Å²) in [4.78, 5) is 12.0. The van der Waals surface area contributed by atoms with Crippen LogP contribution in [0.25, 0.3) is 10.8 Å². The van der Waals surface area contributed by atoms with Crippen molar-refractivity contribution in [3.63, 3.8) is 0 Å². The zero-order valence-corrected chi connectivity index (χ0v) is 13.2. The zero-order chi connectivity index (χ0) is 14.5. The molecule has 2 aromatic rings. The second-order valence-electron chi connectivity index (χ2n) is 5.35. The molecule has 0 bridgehead atoms. The van der Waals surface area contributed by atoms with Crippen molar-refractivity contribution in [2.75, 3.05) is 19.8 Å². The molecule has 0 spiro atoms. The minimum atomic E-state index is 0. The van der Waals surface area contributed by atoms with Crippen molar-refractivity contribution in [3.05, 3.63) is 48.0 Å². The highest BCUT2D eigenvalue weighted by Gasteiger charge is 2.16. The number of ether oxygens (including phenoxy) is 1. The van der Waals surface area contributed by atoms with Gasteiger partial charge in [0.2, 0.25) is 5.91 Å². The van der Waals surface area contributed by atoms with Gasteiger partial charge in [0.15, 0.2) is 0 Å². The third-order valence-electron chi connectivity index (χ3n) is 3.79. The van der Waals surface area contributed by atoms with Crippen molar-refractivity contribution in [1.82, 2.24) is 10.6 Å². The molecular weight excluding hydrogens is 300 g/mol. The first-order valence-electron chi connectivity index (χ1n) is 7.37. The van der Waals surface area contributed by atoms with Gasteiger partial charge in [-0.25, -0.2) is 0 Å². The molecule has 1 fully saturated rings. The highest BCUT2D eigenvalue weighted by Crippen LogP contribution is 2.18. The highest BCUT2D eigenvalue weighted by atomic mass is 35.5. The molecule has 1 aliphatic rings. The van der Waals surface area contributed by atoms with Crippen LogP contribution < -0.4 is 10.6 Å². The minimum Gasteiger partial charge on any atom is -0.378 e. The van der Waals surface area contributed by atoms with Crippen LogP contribution >= 0.6 is 12.4 Å². The van der Waals surface area contributed by atoms with Crippen LogP contribution in [0.1, 0.15) is 12.0 Å². The Hall–Kier alpha value is -1.62. The van der Waals surface area contributed by atoms with Crippen molar-refractivity contribution < 1.29 is 9.53 Å². The molecule has 1 unspecified atom stereocenters. The molecule has 2 aromatic carbocycles. The fraction of sp³-hybridized carbons (Fsp3) is 0.353. The van der Waals surface area contributed by atoms with Gasteiger partial charge in [-0.1, -0.05) is 42.5 Å². The zero-order valence-electron chi connectivity index (χ0n) is 12.4. The molecule has 2 N–H and O–H groups in total. The van der Waals surface area contributed by atoms with Gasteiger partial charge in [-0.3, -0.25) is 4.79 Å². The van der Waals surface area contributed by atoms with E-state index in [1.54, 1.807) is 0 Å². The van der Waals surface area contributed by atoms with Crippen molar-refractivity contribution in [3.8, 4) is 0 Å². The Balaban J connectivity index is 0.00000176. The minimum absolute atomic E-state index is 0. The lowest BCUT2D eigenvalue weighted by Crippen LogP contribution is -2.44. The summed E-state index contributed by atoms with van der Waals surface area (Å²) >= 11 is 0. The predicted octanol–water partition coefficient (Wildman–Crippen LogP) is 2.26. The van der Waals surface area contributed by atoms with Crippen LogP contribution in [0, 0.1) is 0 Å². The van der Waals surface area contributed by atoms with Gasteiger partial charge in [0.1, 0.15) is 0 Å². The number of halogens is 1. The average molecular weight is 321 g/mol. The molecule has 3 rings (SSSR count). The van der Waals surface area contributed by atoms with Crippen LogP contribution in [-0.2, 0) is 16.1 Å². The predicted molar refractivity (Wildman–Crippen MR) is 90.3 cm³/mol. The third-order valence-corrected chi connectivity index (χ3v) is 3.79. The topological polar surface area (TPSA) is 50.4 Å². The molecule has 1 amide bonds. The number of benzene rings is 2. The number of carbonyl (C=O) groups is 1. The monoisotopic (exact) mass is 320 g/mol. The van der Waals surface area contributed by atoms with Crippen LogP contribution in [0.4, 0.5) is 0 Å². The number of amides is 1. The Morgan fingerprint density at radius 1 is 1.23 bits per heavy atom. The Labute approximate surface area is 136 Å². The summed E-state index contributed by atoms with van der Waals surface area (Å²) in [6.07, 6.45) is 0.463. The number of rotatable bonds is 4. The lowest BCUT2D eigenvalue weighted by atomic mass is 10.0. The van der Waals surface area contributed by atoms with E-state index >= 15 is 0 Å². The normalized spacial score (nSPS) is 17.7. The Bertz CT molecular complexity index is 622. The SMILES string of the molecule is Cl.O=C(CC1COCCN1)NCc1cccc2ccccc12. The van der Waals surface area contributed by atoms with E-state index in [-0.39, 0.29) is 24.4 Å². The van der Waals surface area contributed by atoms with Crippen LogP contribution in [-0.4, -0.2) is 31.7 Å². The smallest absolute Gasteiger partial charge is 0.221 e. The summed E-state index contributed by atoms with van der Waals surface area (Å²) < 4.78 is 5.36. The molecule has 1 saturated heterocycles. The van der Waals surface area contributed by atoms with Crippen LogP contribution in [0.3, 0.4) is 0 Å². The highest BCUT2D eigenvalue weighted by molar-refractivity contribution is 5.86. The number of morpholine rings is 1. The van der Waals surface area contributed by atoms with Crippen molar-refractivity contribution in [2.24, 2.45) is 0 Å². The molecule has 1 aliphatic heterocycles. The van der Waals surface area contributed by atoms with E-state index in [1.807, 2.05) is 18.2 Å². The second kappa shape index (κ2) is 8.13. The molecule has 0 saturated carbocycles. The molecule has 1 atom stereocenters. The first-order chi connectivity index (χ1) is 10.3. The number of hydrogen-bond donors (Lipinski definition) is 2. The van der Waals surface area contributed by atoms with Crippen LogP contribution in [0.15, 0.2) is 42.5 Å². The quantitative estimate of drug-likeness (QED) is 0.908. The summed E-state index contributed by atoms with van der Waals surface area (Å²) in [5.74, 6) is 0.0611. The summed E-state index contributed by atoms with van der Waals surface area (Å²) in [7, 11) is 0. The lowest BCUT2D eigenvalue weighted by Gasteiger charge is -2.23. The molecule has 0 radical (unpaired) electrons. The van der Waals surface area contributed by atoms with Crippen LogP contribution in [0.5, 0.6) is 0 Å². The maximum atomic E-state index is 12.0. The van der Waals surface area contributed by atoms with E-state index in [0.717, 1.165) is 18.7 Å². The summed E-state index contributed by atoms with van der Waals surface area (Å²) in [6, 6.07) is 14.5. The standard InChI is InChI=1S/C17H20N2O2.ClH/c20-17(10-15-12-21-9-8-18-15)19-11-14-6-3-5-13-4-1-2-7-16(13)14;/h1-7,15,18H,8-12H2,(H,19,20);1H. The van der Waals surface area contributed by atoms with E-state index in [2.05, 4.69) is 34.9 Å². The fourth-order valence-electron chi connectivity index (χ4n) is 2.69. The number of fused-ring (bicyclic) bond motifs is 1. The molecule has 0 aliphatic carbocycles. The largest absolute Gasteiger partial charge is 0.378 e. The Kier molecular flexibility index (Phi) is 6.19. The maximum Gasteiger partial charge on any atom is 0.221 e. The van der Waals surface area contributed by atoms with Crippen molar-refractivity contribution in [1.29, 1.82) is 0 Å². The van der Waals surface area contributed by atoms with Crippen molar-refractivity contribution >= 4 is 29.1 Å². The number of carbonyl (C=O) groups excluding carboxylic acids is 1. The van der Waals surface area contributed by atoms with E-state index in [9.17, 15) is 4.79 Å². The van der Waals surface area contributed by atoms with E-state index in [1.165, 1.54) is 10.8 Å². The molecule has 0 aromatic heterocycles. The molecular formula is C17H21ClN2O2. The maximum absolute atomic E-state index is 12.0. The van der Waals surface area contributed by atoms with Gasteiger partial charge in [0.05, 0.1) is 13.2 Å². The van der Waals surface area contributed by atoms with Crippen LogP contribution in [0.2, 0.25) is 0 Å². The molecule has 118 valence electrons. The lowest BCUT2D eigenvalue weighted by molar-refractivity contribution is -0.122. The average Bonchev–Trinajstić information content (AvgIpc) is 2.54. The fourth-order valence-corrected chi connectivity index (χ4v) is 2.69. The molecule has 22 heavy (non-hydrogen) atoms. The summed E-state index contributed by atoms with van der Waals surface area (Å²) in [6.45, 7) is 2.73. The second-order valence-corrected chi connectivity index (χ2v) is 5.35. The molecule has 4 nitrogen and oxygen atoms in total. The summed E-state index contributed by atoms with van der Waals surface area (Å²) in [5, 5.41) is 8.69. The van der Waals surface area contributed by atoms with Gasteiger partial charge in [-0.15, -0.1) is 12.4 Å². The number of nitrogens with one attached hydrogen (secondary N) is 2. The first kappa shape index (κ1) is 16.7. The van der Waals surface area contributed by atoms with E-state index in [0.29, 0.717) is 19.6 Å². The van der Waals surface area contributed by atoms with E-state index < -0.39 is 0 Å². The van der Waals surface area contributed by atoms with Gasteiger partial charge in [0.25, 0.3) is 0 Å². The summed E-state index contributed by atoms with van der Waals surface area (Å²) in [5.41, 5.74) is 1.15. The first-order valence-corrected chi connectivity index (χ1v) is 7.37. The van der Waals surface area contributed by atoms with Crippen molar-refractivity contribution in [2.45, 2.75) is 19.0 Å².